The molecule has 1 aromatic carbocycles. The quantitative estimate of drug-likeness (QED) is 0.362. The SMILES string of the molecule is C=CCC1(CC=C)C(=O)NC(=O)NC1=O.C=CCC1(c2ccccc2)C(=O)NC(=O)NC1=O. The Bertz CT molecular complexity index is 979. The minimum Gasteiger partial charge on any atom is -0.277 e. The molecule has 2 aliphatic rings. The maximum Gasteiger partial charge on any atom is 0.328 e. The summed E-state index contributed by atoms with van der Waals surface area (Å²) in [6.45, 7) is 10.5. The van der Waals surface area contributed by atoms with Gasteiger partial charge in [-0.25, -0.2) is 9.59 Å². The molecule has 10 nitrogen and oxygen atoms in total. The van der Waals surface area contributed by atoms with Gasteiger partial charge in [-0.15, -0.1) is 19.7 Å². The van der Waals surface area contributed by atoms with Crippen LogP contribution in [0.4, 0.5) is 9.59 Å². The van der Waals surface area contributed by atoms with Gasteiger partial charge in [0.05, 0.1) is 0 Å². The van der Waals surface area contributed by atoms with Crippen molar-refractivity contribution in [2.75, 3.05) is 0 Å². The van der Waals surface area contributed by atoms with Crippen molar-refractivity contribution in [2.24, 2.45) is 5.41 Å². The van der Waals surface area contributed by atoms with E-state index in [1.165, 1.54) is 18.2 Å². The molecule has 8 amide bonds. The number of nitrogens with one attached hydrogen (secondary N) is 4. The fourth-order valence-electron chi connectivity index (χ4n) is 3.59. The molecule has 0 saturated carbocycles. The minimum absolute atomic E-state index is 0.127. The van der Waals surface area contributed by atoms with E-state index >= 15 is 0 Å². The second-order valence-corrected chi connectivity index (χ2v) is 7.31. The maximum absolute atomic E-state index is 12.1. The number of allylic oxidation sites excluding steroid dienone is 3. The highest BCUT2D eigenvalue weighted by Crippen LogP contribution is 2.31. The lowest BCUT2D eigenvalue weighted by atomic mass is 9.75. The number of barbiturate groups is 2. The molecule has 10 heteroatoms. The molecule has 2 aliphatic heterocycles. The fraction of sp³-hybridized carbons (Fsp3) is 0.217. The van der Waals surface area contributed by atoms with Gasteiger partial charge >= 0.3 is 12.1 Å². The minimum atomic E-state index is -1.42. The molecule has 2 fully saturated rings. The van der Waals surface area contributed by atoms with Gasteiger partial charge in [0.25, 0.3) is 0 Å². The highest BCUT2D eigenvalue weighted by Gasteiger charge is 2.51. The van der Waals surface area contributed by atoms with Gasteiger partial charge in [-0.2, -0.15) is 0 Å². The van der Waals surface area contributed by atoms with Gasteiger partial charge in [0.15, 0.2) is 5.41 Å². The molecular weight excluding hydrogens is 428 g/mol. The van der Waals surface area contributed by atoms with Gasteiger partial charge in [0, 0.05) is 0 Å². The lowest BCUT2D eigenvalue weighted by Crippen LogP contribution is -2.64. The topological polar surface area (TPSA) is 151 Å². The van der Waals surface area contributed by atoms with Gasteiger partial charge < -0.3 is 0 Å². The Hall–Kier alpha value is -4.34. The summed E-state index contributed by atoms with van der Waals surface area (Å²) in [7, 11) is 0. The molecule has 1 aromatic rings. The molecule has 0 spiro atoms. The van der Waals surface area contributed by atoms with E-state index in [2.05, 4.69) is 41.0 Å². The molecule has 2 saturated heterocycles. The Kier molecular flexibility index (Phi) is 7.79. The first-order valence-corrected chi connectivity index (χ1v) is 9.90. The first kappa shape index (κ1) is 24.9. The van der Waals surface area contributed by atoms with E-state index in [-0.39, 0.29) is 19.3 Å². The molecule has 0 radical (unpaired) electrons. The summed E-state index contributed by atoms with van der Waals surface area (Å²) in [6, 6.07) is 7.04. The van der Waals surface area contributed by atoms with Crippen LogP contribution in [0.15, 0.2) is 68.3 Å². The molecule has 0 aliphatic carbocycles. The third-order valence-electron chi connectivity index (χ3n) is 5.26. The molecule has 4 N–H and O–H groups in total. The van der Waals surface area contributed by atoms with Gasteiger partial charge in [-0.05, 0) is 24.8 Å². The Morgan fingerprint density at radius 3 is 1.39 bits per heavy atom. The first-order chi connectivity index (χ1) is 15.7. The Morgan fingerprint density at radius 1 is 0.606 bits per heavy atom. The molecule has 0 atom stereocenters. The van der Waals surface area contributed by atoms with E-state index in [1.54, 1.807) is 30.3 Å². The standard InChI is InChI=1S/C13H12N2O3.C10H12N2O3/c1-2-8-13(9-6-4-3-5-7-9)10(16)14-12(18)15-11(13)17;1-3-5-10(6-4-2)7(13)11-9(15)12-8(10)14/h2-7H,1,8H2,(H2,14,15,16,17,18);3-4H,1-2,5-6H2,(H2,11,12,13,14,15). The van der Waals surface area contributed by atoms with Gasteiger partial charge in [0.1, 0.15) is 5.41 Å². The summed E-state index contributed by atoms with van der Waals surface area (Å²) in [5, 5.41) is 8.38. The number of carbonyl (C=O) groups is 6. The molecule has 0 unspecified atom stereocenters. The van der Waals surface area contributed by atoms with Crippen LogP contribution in [0.1, 0.15) is 24.8 Å². The highest BCUT2D eigenvalue weighted by molar-refractivity contribution is 6.23. The third-order valence-corrected chi connectivity index (χ3v) is 5.26. The monoisotopic (exact) mass is 452 g/mol. The number of urea groups is 2. The average molecular weight is 452 g/mol. The fourth-order valence-corrected chi connectivity index (χ4v) is 3.59. The van der Waals surface area contributed by atoms with Gasteiger partial charge in [-0.1, -0.05) is 48.6 Å². The predicted molar refractivity (Wildman–Crippen MR) is 118 cm³/mol. The van der Waals surface area contributed by atoms with Crippen molar-refractivity contribution >= 4 is 35.7 Å². The summed E-state index contributed by atoms with van der Waals surface area (Å²) in [6.07, 6.45) is 4.90. The van der Waals surface area contributed by atoms with E-state index in [9.17, 15) is 28.8 Å². The number of hydrogen-bond donors (Lipinski definition) is 4. The van der Waals surface area contributed by atoms with E-state index < -0.39 is 46.5 Å². The van der Waals surface area contributed by atoms with Crippen LogP contribution in [-0.2, 0) is 24.6 Å². The van der Waals surface area contributed by atoms with Crippen molar-refractivity contribution in [3.05, 3.63) is 73.9 Å². The van der Waals surface area contributed by atoms with Gasteiger partial charge in [-0.3, -0.25) is 40.4 Å². The molecule has 3 rings (SSSR count). The van der Waals surface area contributed by atoms with E-state index in [1.807, 2.05) is 0 Å². The second-order valence-electron chi connectivity index (χ2n) is 7.31. The Balaban J connectivity index is 0.000000238. The number of benzene rings is 1. The molecule has 0 bridgehead atoms. The molecule has 172 valence electrons. The summed E-state index contributed by atoms with van der Waals surface area (Å²) in [4.78, 5) is 69.4. The zero-order valence-corrected chi connectivity index (χ0v) is 17.8. The lowest BCUT2D eigenvalue weighted by Gasteiger charge is -2.33. The highest BCUT2D eigenvalue weighted by atomic mass is 16.2. The van der Waals surface area contributed by atoms with Crippen LogP contribution in [0, 0.1) is 5.41 Å². The normalized spacial score (nSPS) is 18.4. The zero-order valence-electron chi connectivity index (χ0n) is 17.8. The third kappa shape index (κ3) is 4.79. The molecule has 33 heavy (non-hydrogen) atoms. The first-order valence-electron chi connectivity index (χ1n) is 9.90. The van der Waals surface area contributed by atoms with Crippen molar-refractivity contribution in [3.63, 3.8) is 0 Å². The van der Waals surface area contributed by atoms with Crippen LogP contribution >= 0.6 is 0 Å². The van der Waals surface area contributed by atoms with Gasteiger partial charge in [0.2, 0.25) is 23.6 Å². The van der Waals surface area contributed by atoms with Crippen molar-refractivity contribution in [3.8, 4) is 0 Å². The van der Waals surface area contributed by atoms with Crippen molar-refractivity contribution in [2.45, 2.75) is 24.7 Å². The number of rotatable bonds is 7. The maximum atomic E-state index is 12.1. The van der Waals surface area contributed by atoms with Crippen molar-refractivity contribution in [1.29, 1.82) is 0 Å². The lowest BCUT2D eigenvalue weighted by molar-refractivity contribution is -0.144. The van der Waals surface area contributed by atoms with Crippen LogP contribution in [0.3, 0.4) is 0 Å². The molecule has 2 heterocycles. The summed E-state index contributed by atoms with van der Waals surface area (Å²) in [5.74, 6) is -2.45. The molecular formula is C23H24N4O6. The average Bonchev–Trinajstić information content (AvgIpc) is 2.76. The van der Waals surface area contributed by atoms with E-state index in [0.29, 0.717) is 5.56 Å². The van der Waals surface area contributed by atoms with Crippen LogP contribution in [0.25, 0.3) is 0 Å². The number of carbonyl (C=O) groups excluding carboxylic acids is 6. The predicted octanol–water partition coefficient (Wildman–Crippen LogP) is 1.36. The smallest absolute Gasteiger partial charge is 0.277 e. The zero-order chi connectivity index (χ0) is 24.6. The van der Waals surface area contributed by atoms with E-state index in [0.717, 1.165) is 0 Å². The van der Waals surface area contributed by atoms with Crippen LogP contribution in [0.5, 0.6) is 0 Å². The van der Waals surface area contributed by atoms with E-state index in [4.69, 9.17) is 0 Å². The van der Waals surface area contributed by atoms with Crippen LogP contribution < -0.4 is 21.3 Å². The van der Waals surface area contributed by atoms with Crippen molar-refractivity contribution in [1.82, 2.24) is 21.3 Å². The Morgan fingerprint density at radius 2 is 1.00 bits per heavy atom. The Labute approximate surface area is 190 Å². The number of imide groups is 4. The summed E-state index contributed by atoms with van der Waals surface area (Å²) < 4.78 is 0. The second kappa shape index (κ2) is 10.3. The number of amides is 8. The molecule has 0 aromatic heterocycles. The summed E-state index contributed by atoms with van der Waals surface area (Å²) >= 11 is 0. The van der Waals surface area contributed by atoms with Crippen LogP contribution in [0.2, 0.25) is 0 Å². The van der Waals surface area contributed by atoms with Crippen LogP contribution in [-0.4, -0.2) is 35.7 Å². The number of hydrogen-bond acceptors (Lipinski definition) is 6. The summed E-state index contributed by atoms with van der Waals surface area (Å²) in [5.41, 5.74) is -2.17. The van der Waals surface area contributed by atoms with Crippen molar-refractivity contribution < 1.29 is 28.8 Å². The largest absolute Gasteiger partial charge is 0.328 e.